The monoisotopic (exact) mass is 515 g/mol. The maximum absolute atomic E-state index is 12.9. The van der Waals surface area contributed by atoms with Gasteiger partial charge in [0.15, 0.2) is 0 Å². The van der Waals surface area contributed by atoms with Gasteiger partial charge in [-0.1, -0.05) is 69.7 Å². The second-order valence-electron chi connectivity index (χ2n) is 11.0. The number of anilines is 2. The molecular formula is C32H45N5O. The van der Waals surface area contributed by atoms with Gasteiger partial charge in [-0.3, -0.25) is 4.79 Å². The van der Waals surface area contributed by atoms with Crippen LogP contribution in [-0.4, -0.2) is 42.1 Å². The van der Waals surface area contributed by atoms with Crippen LogP contribution >= 0.6 is 0 Å². The summed E-state index contributed by atoms with van der Waals surface area (Å²) < 4.78 is 0. The van der Waals surface area contributed by atoms with Gasteiger partial charge in [-0.15, -0.1) is 0 Å². The Morgan fingerprint density at radius 3 is 2.21 bits per heavy atom. The van der Waals surface area contributed by atoms with Crippen molar-refractivity contribution in [2.75, 3.05) is 24.3 Å². The maximum Gasteiger partial charge on any atom is 0.251 e. The smallest absolute Gasteiger partial charge is 0.251 e. The summed E-state index contributed by atoms with van der Waals surface area (Å²) in [5.41, 5.74) is 3.03. The van der Waals surface area contributed by atoms with Crippen LogP contribution in [0.3, 0.4) is 0 Å². The number of para-hydroxylation sites is 1. The number of aryl methyl sites for hydroxylation is 1. The number of nitrogens with zero attached hydrogens (tertiary/aromatic N) is 3. The zero-order valence-electron chi connectivity index (χ0n) is 23.5. The molecule has 204 valence electrons. The normalized spacial score (nSPS) is 17.3. The van der Waals surface area contributed by atoms with Gasteiger partial charge in [0, 0.05) is 37.1 Å². The summed E-state index contributed by atoms with van der Waals surface area (Å²) in [5, 5.41) is 7.87. The van der Waals surface area contributed by atoms with Crippen LogP contribution in [-0.2, 0) is 6.42 Å². The average molecular weight is 516 g/mol. The van der Waals surface area contributed by atoms with Crippen molar-refractivity contribution in [1.82, 2.24) is 15.3 Å². The van der Waals surface area contributed by atoms with Crippen molar-refractivity contribution < 1.29 is 4.79 Å². The molecule has 1 aliphatic carbocycles. The number of nitrogens with one attached hydrogen (secondary N) is 2. The lowest BCUT2D eigenvalue weighted by Crippen LogP contribution is -2.40. The predicted octanol–water partition coefficient (Wildman–Crippen LogP) is 7.14. The van der Waals surface area contributed by atoms with E-state index < -0.39 is 0 Å². The Bertz CT molecular complexity index is 1150. The molecule has 0 saturated heterocycles. The highest BCUT2D eigenvalue weighted by Gasteiger charge is 2.24. The number of carbonyl (C=O) groups is 1. The molecule has 4 rings (SSSR count). The van der Waals surface area contributed by atoms with Gasteiger partial charge >= 0.3 is 0 Å². The molecule has 0 atom stereocenters. The molecule has 6 nitrogen and oxygen atoms in total. The minimum Gasteiger partial charge on any atom is -0.362 e. The first-order chi connectivity index (χ1) is 18.5. The standard InChI is InChI=1S/C32H45N5O/c1-4-5-6-7-8-9-10-13-24-16-18-25(19-17-24)31(38)33-26-20-22-27(23-21-26)34-32-35-29-15-12-11-14-28(29)30(36-32)37(2)3/h11-12,14-19,26-27H,4-10,13,20-23H2,1-3H3,(H,33,38)(H,34,35,36)/t26-,27+. The summed E-state index contributed by atoms with van der Waals surface area (Å²) in [6, 6.07) is 16.9. The summed E-state index contributed by atoms with van der Waals surface area (Å²) >= 11 is 0. The van der Waals surface area contributed by atoms with Crippen LogP contribution in [0, 0.1) is 0 Å². The van der Waals surface area contributed by atoms with Crippen molar-refractivity contribution in [3.63, 3.8) is 0 Å². The van der Waals surface area contributed by atoms with Crippen molar-refractivity contribution in [2.24, 2.45) is 0 Å². The zero-order chi connectivity index (χ0) is 26.7. The first-order valence-electron chi connectivity index (χ1n) is 14.6. The van der Waals surface area contributed by atoms with Crippen LogP contribution in [0.2, 0.25) is 0 Å². The molecular weight excluding hydrogens is 470 g/mol. The van der Waals surface area contributed by atoms with Crippen LogP contribution in [0.4, 0.5) is 11.8 Å². The van der Waals surface area contributed by atoms with E-state index in [2.05, 4.69) is 35.8 Å². The van der Waals surface area contributed by atoms with Gasteiger partial charge in [0.1, 0.15) is 5.82 Å². The summed E-state index contributed by atoms with van der Waals surface area (Å²) in [6.07, 6.45) is 14.2. The largest absolute Gasteiger partial charge is 0.362 e. The fraction of sp³-hybridized carbons (Fsp3) is 0.531. The predicted molar refractivity (Wildman–Crippen MR) is 159 cm³/mol. The van der Waals surface area contributed by atoms with Crippen LogP contribution < -0.4 is 15.5 Å². The number of aromatic nitrogens is 2. The molecule has 0 unspecified atom stereocenters. The second-order valence-corrected chi connectivity index (χ2v) is 11.0. The molecule has 2 aromatic carbocycles. The molecule has 1 fully saturated rings. The third kappa shape index (κ3) is 7.92. The van der Waals surface area contributed by atoms with Crippen LogP contribution in [0.5, 0.6) is 0 Å². The number of carbonyl (C=O) groups excluding carboxylic acids is 1. The van der Waals surface area contributed by atoms with Crippen molar-refractivity contribution >= 4 is 28.6 Å². The second kappa shape index (κ2) is 14.1. The Balaban J connectivity index is 1.21. The molecule has 1 aliphatic rings. The van der Waals surface area contributed by atoms with E-state index in [1.54, 1.807) is 0 Å². The quantitative estimate of drug-likeness (QED) is 0.237. The fourth-order valence-corrected chi connectivity index (χ4v) is 5.41. The fourth-order valence-electron chi connectivity index (χ4n) is 5.41. The van der Waals surface area contributed by atoms with Crippen LogP contribution in [0.15, 0.2) is 48.5 Å². The van der Waals surface area contributed by atoms with Gasteiger partial charge in [0.2, 0.25) is 5.95 Å². The number of hydrogen-bond donors (Lipinski definition) is 2. The molecule has 0 bridgehead atoms. The minimum absolute atomic E-state index is 0.0392. The molecule has 2 N–H and O–H groups in total. The zero-order valence-corrected chi connectivity index (χ0v) is 23.5. The van der Waals surface area contributed by atoms with E-state index >= 15 is 0 Å². The number of rotatable bonds is 13. The van der Waals surface area contributed by atoms with Gasteiger partial charge in [-0.05, 0) is 68.4 Å². The Hall–Kier alpha value is -3.15. The van der Waals surface area contributed by atoms with E-state index in [4.69, 9.17) is 9.97 Å². The SMILES string of the molecule is CCCCCCCCCc1ccc(C(=O)N[C@H]2CC[C@@H](Nc3nc(N(C)C)c4ccccc4n3)CC2)cc1. The molecule has 0 spiro atoms. The van der Waals surface area contributed by atoms with Crippen molar-refractivity contribution in [2.45, 2.75) is 96.1 Å². The van der Waals surface area contributed by atoms with Crippen molar-refractivity contribution in [3.05, 3.63) is 59.7 Å². The summed E-state index contributed by atoms with van der Waals surface area (Å²) in [6.45, 7) is 2.26. The van der Waals surface area contributed by atoms with Gasteiger partial charge in [0.25, 0.3) is 5.91 Å². The molecule has 1 amide bonds. The third-order valence-electron chi connectivity index (χ3n) is 7.69. The molecule has 38 heavy (non-hydrogen) atoms. The van der Waals surface area contributed by atoms with Crippen molar-refractivity contribution in [3.8, 4) is 0 Å². The van der Waals surface area contributed by atoms with E-state index in [0.29, 0.717) is 12.0 Å². The molecule has 0 radical (unpaired) electrons. The Kier molecular flexibility index (Phi) is 10.4. The van der Waals surface area contributed by atoms with Gasteiger partial charge < -0.3 is 15.5 Å². The van der Waals surface area contributed by atoms with E-state index in [1.807, 2.05) is 49.3 Å². The van der Waals surface area contributed by atoms with E-state index in [9.17, 15) is 4.79 Å². The molecule has 1 aromatic heterocycles. The lowest BCUT2D eigenvalue weighted by atomic mass is 9.91. The number of hydrogen-bond acceptors (Lipinski definition) is 5. The highest BCUT2D eigenvalue weighted by atomic mass is 16.1. The van der Waals surface area contributed by atoms with E-state index in [-0.39, 0.29) is 11.9 Å². The summed E-state index contributed by atoms with van der Waals surface area (Å²) in [4.78, 5) is 24.4. The summed E-state index contributed by atoms with van der Waals surface area (Å²) in [5.74, 6) is 1.64. The number of fused-ring (bicyclic) bond motifs is 1. The number of benzene rings is 2. The Morgan fingerprint density at radius 2 is 1.50 bits per heavy atom. The summed E-state index contributed by atoms with van der Waals surface area (Å²) in [7, 11) is 4.02. The number of amides is 1. The Morgan fingerprint density at radius 1 is 0.842 bits per heavy atom. The minimum atomic E-state index is 0.0392. The topological polar surface area (TPSA) is 70.2 Å². The first kappa shape index (κ1) is 27.9. The molecule has 0 aliphatic heterocycles. The molecule has 3 aromatic rings. The van der Waals surface area contributed by atoms with Gasteiger partial charge in [-0.25, -0.2) is 4.98 Å². The lowest BCUT2D eigenvalue weighted by Gasteiger charge is -2.30. The van der Waals surface area contributed by atoms with Crippen molar-refractivity contribution in [1.29, 1.82) is 0 Å². The third-order valence-corrected chi connectivity index (χ3v) is 7.69. The number of unbranched alkanes of at least 4 members (excludes halogenated alkanes) is 6. The lowest BCUT2D eigenvalue weighted by molar-refractivity contribution is 0.0926. The van der Waals surface area contributed by atoms with Crippen LogP contribution in [0.25, 0.3) is 10.9 Å². The molecule has 1 saturated carbocycles. The Labute approximate surface area is 228 Å². The van der Waals surface area contributed by atoms with Crippen LogP contribution in [0.1, 0.15) is 93.5 Å². The molecule has 1 heterocycles. The van der Waals surface area contributed by atoms with Gasteiger partial charge in [-0.2, -0.15) is 4.98 Å². The molecule has 6 heteroatoms. The highest BCUT2D eigenvalue weighted by Crippen LogP contribution is 2.26. The average Bonchev–Trinajstić information content (AvgIpc) is 2.93. The van der Waals surface area contributed by atoms with E-state index in [0.717, 1.165) is 54.4 Å². The first-order valence-corrected chi connectivity index (χ1v) is 14.6. The van der Waals surface area contributed by atoms with Gasteiger partial charge in [0.05, 0.1) is 5.52 Å². The maximum atomic E-state index is 12.9. The van der Waals surface area contributed by atoms with E-state index in [1.165, 1.54) is 50.5 Å². The highest BCUT2D eigenvalue weighted by molar-refractivity contribution is 5.94.